The smallest absolute Gasteiger partial charge is 0.251 e. The van der Waals surface area contributed by atoms with E-state index in [1.54, 1.807) is 41.5 Å². The lowest BCUT2D eigenvalue weighted by molar-refractivity contribution is -0.116. The molecule has 0 bridgehead atoms. The lowest BCUT2D eigenvalue weighted by Crippen LogP contribution is -2.35. The highest BCUT2D eigenvalue weighted by atomic mass is 35.5. The van der Waals surface area contributed by atoms with E-state index in [1.807, 2.05) is 6.07 Å². The third-order valence-electron chi connectivity index (χ3n) is 4.51. The molecule has 5 nitrogen and oxygen atoms in total. The van der Waals surface area contributed by atoms with Gasteiger partial charge in [-0.15, -0.1) is 11.8 Å². The molecule has 2 amide bonds. The minimum Gasteiger partial charge on any atom is -0.467 e. The number of furan rings is 1. The van der Waals surface area contributed by atoms with Crippen molar-refractivity contribution >= 4 is 40.9 Å². The summed E-state index contributed by atoms with van der Waals surface area (Å²) in [4.78, 5) is 27.6. The van der Waals surface area contributed by atoms with Crippen LogP contribution in [0.25, 0.3) is 0 Å². The molecule has 0 aliphatic carbocycles. The molecule has 8 heteroatoms. The number of anilines is 1. The average molecular weight is 431 g/mol. The lowest BCUT2D eigenvalue weighted by Gasteiger charge is -2.29. The Labute approximate surface area is 175 Å². The summed E-state index contributed by atoms with van der Waals surface area (Å²) >= 11 is 7.56. The van der Waals surface area contributed by atoms with Crippen molar-refractivity contribution in [2.45, 2.75) is 18.0 Å². The minimum atomic E-state index is -0.435. The zero-order valence-electron chi connectivity index (χ0n) is 15.2. The second kappa shape index (κ2) is 8.31. The fourth-order valence-electron chi connectivity index (χ4n) is 3.02. The molecule has 0 saturated carbocycles. The molecule has 2 aromatic carbocycles. The molecule has 148 valence electrons. The van der Waals surface area contributed by atoms with Crippen molar-refractivity contribution in [3.8, 4) is 0 Å². The van der Waals surface area contributed by atoms with Crippen LogP contribution in [0.1, 0.15) is 21.7 Å². The summed E-state index contributed by atoms with van der Waals surface area (Å²) in [7, 11) is 0. The number of carbonyl (C=O) groups is 2. The highest BCUT2D eigenvalue weighted by Gasteiger charge is 2.26. The Balaban J connectivity index is 1.58. The van der Waals surface area contributed by atoms with Crippen molar-refractivity contribution in [2.24, 2.45) is 0 Å². The number of rotatable bonds is 5. The number of fused-ring (bicyclic) bond motifs is 1. The molecule has 0 radical (unpaired) electrons. The molecule has 0 atom stereocenters. The maximum absolute atomic E-state index is 13.3. The van der Waals surface area contributed by atoms with Crippen molar-refractivity contribution < 1.29 is 18.4 Å². The van der Waals surface area contributed by atoms with E-state index in [2.05, 4.69) is 5.32 Å². The summed E-state index contributed by atoms with van der Waals surface area (Å²) in [6.45, 7) is 0.467. The number of nitrogens with zero attached hydrogens (tertiary/aromatic N) is 1. The molecule has 2 heterocycles. The molecular weight excluding hydrogens is 415 g/mol. The minimum absolute atomic E-state index is 0.101. The fraction of sp³-hybridized carbons (Fsp3) is 0.143. The van der Waals surface area contributed by atoms with Crippen LogP contribution in [0.15, 0.2) is 64.1 Å². The summed E-state index contributed by atoms with van der Waals surface area (Å²) < 4.78 is 18.6. The molecule has 1 aliphatic rings. The van der Waals surface area contributed by atoms with Crippen LogP contribution >= 0.6 is 23.4 Å². The number of thioether (sulfide) groups is 1. The summed E-state index contributed by atoms with van der Waals surface area (Å²) in [5, 5.41) is 3.05. The Bertz CT molecular complexity index is 1070. The molecule has 0 unspecified atom stereocenters. The van der Waals surface area contributed by atoms with Crippen LogP contribution in [0, 0.1) is 5.82 Å². The van der Waals surface area contributed by atoms with Crippen molar-refractivity contribution in [1.29, 1.82) is 0 Å². The van der Waals surface area contributed by atoms with E-state index in [1.165, 1.54) is 23.9 Å². The van der Waals surface area contributed by atoms with Gasteiger partial charge in [-0.2, -0.15) is 0 Å². The molecule has 1 N–H and O–H groups in total. The zero-order chi connectivity index (χ0) is 20.4. The standard InChI is InChI=1S/C21H16ClFN2O3S/c22-17-9-15(23)5-3-14(17)11-25-18-8-13(4-6-19(18)29-12-20(25)26)21(27)24-10-16-2-1-7-28-16/h1-9H,10-12H2,(H,24,27). The second-order valence-corrected chi connectivity index (χ2v) is 7.87. The van der Waals surface area contributed by atoms with E-state index in [4.69, 9.17) is 16.0 Å². The number of halogens is 2. The van der Waals surface area contributed by atoms with Crippen LogP contribution < -0.4 is 10.2 Å². The van der Waals surface area contributed by atoms with Gasteiger partial charge in [0, 0.05) is 15.5 Å². The topological polar surface area (TPSA) is 62.6 Å². The maximum Gasteiger partial charge on any atom is 0.251 e. The number of amides is 2. The predicted molar refractivity (Wildman–Crippen MR) is 110 cm³/mol. The summed E-state index contributed by atoms with van der Waals surface area (Å²) in [6.07, 6.45) is 1.54. The van der Waals surface area contributed by atoms with Crippen LogP contribution in [0.2, 0.25) is 5.02 Å². The highest BCUT2D eigenvalue weighted by Crippen LogP contribution is 2.37. The molecular formula is C21H16ClFN2O3S. The Morgan fingerprint density at radius 3 is 2.86 bits per heavy atom. The predicted octanol–water partition coefficient (Wildman–Crippen LogP) is 4.64. The fourth-order valence-corrected chi connectivity index (χ4v) is 4.16. The Hall–Kier alpha value is -2.77. The molecule has 4 rings (SSSR count). The Morgan fingerprint density at radius 2 is 2.10 bits per heavy atom. The second-order valence-electron chi connectivity index (χ2n) is 6.45. The molecule has 0 spiro atoms. The monoisotopic (exact) mass is 430 g/mol. The molecule has 1 aromatic heterocycles. The van der Waals surface area contributed by atoms with Gasteiger partial charge >= 0.3 is 0 Å². The van der Waals surface area contributed by atoms with Gasteiger partial charge in [0.2, 0.25) is 5.91 Å². The van der Waals surface area contributed by atoms with E-state index in [-0.39, 0.29) is 35.7 Å². The molecule has 0 fully saturated rings. The first-order chi connectivity index (χ1) is 14.0. The van der Waals surface area contributed by atoms with Gasteiger partial charge in [-0.3, -0.25) is 9.59 Å². The Kier molecular flexibility index (Phi) is 5.60. The summed E-state index contributed by atoms with van der Waals surface area (Å²) in [5.41, 5.74) is 1.70. The molecule has 1 aliphatic heterocycles. The number of hydrogen-bond donors (Lipinski definition) is 1. The normalized spacial score (nSPS) is 13.3. The van der Waals surface area contributed by atoms with E-state index >= 15 is 0 Å². The van der Waals surface area contributed by atoms with Gasteiger partial charge in [-0.25, -0.2) is 4.39 Å². The van der Waals surface area contributed by atoms with Gasteiger partial charge in [0.15, 0.2) is 0 Å². The van der Waals surface area contributed by atoms with E-state index in [9.17, 15) is 14.0 Å². The van der Waals surface area contributed by atoms with Gasteiger partial charge < -0.3 is 14.6 Å². The third kappa shape index (κ3) is 4.31. The summed E-state index contributed by atoms with van der Waals surface area (Å²) in [5.74, 6) is 0.128. The first-order valence-electron chi connectivity index (χ1n) is 8.83. The summed E-state index contributed by atoms with van der Waals surface area (Å²) in [6, 6.07) is 12.9. The van der Waals surface area contributed by atoms with Crippen LogP contribution in [-0.2, 0) is 17.9 Å². The first-order valence-corrected chi connectivity index (χ1v) is 10.2. The van der Waals surface area contributed by atoms with Gasteiger partial charge in [0.05, 0.1) is 30.8 Å². The maximum atomic E-state index is 13.3. The number of nitrogens with one attached hydrogen (secondary N) is 1. The molecule has 29 heavy (non-hydrogen) atoms. The van der Waals surface area contributed by atoms with Gasteiger partial charge in [0.25, 0.3) is 5.91 Å². The molecule has 3 aromatic rings. The van der Waals surface area contributed by atoms with Gasteiger partial charge in [-0.1, -0.05) is 17.7 Å². The number of carbonyl (C=O) groups excluding carboxylic acids is 2. The zero-order valence-corrected chi connectivity index (χ0v) is 16.7. The number of hydrogen-bond acceptors (Lipinski definition) is 4. The number of benzene rings is 2. The van der Waals surface area contributed by atoms with E-state index in [0.29, 0.717) is 22.6 Å². The van der Waals surface area contributed by atoms with Gasteiger partial charge in [0.1, 0.15) is 11.6 Å². The Morgan fingerprint density at radius 1 is 1.24 bits per heavy atom. The van der Waals surface area contributed by atoms with Crippen LogP contribution in [0.3, 0.4) is 0 Å². The van der Waals surface area contributed by atoms with Crippen molar-refractivity contribution in [1.82, 2.24) is 5.32 Å². The van der Waals surface area contributed by atoms with Crippen molar-refractivity contribution in [3.63, 3.8) is 0 Å². The van der Waals surface area contributed by atoms with E-state index < -0.39 is 5.82 Å². The van der Waals surface area contributed by atoms with Crippen molar-refractivity contribution in [2.75, 3.05) is 10.7 Å². The van der Waals surface area contributed by atoms with Crippen LogP contribution in [-0.4, -0.2) is 17.6 Å². The van der Waals surface area contributed by atoms with E-state index in [0.717, 1.165) is 4.90 Å². The average Bonchev–Trinajstić information content (AvgIpc) is 3.23. The van der Waals surface area contributed by atoms with Crippen LogP contribution in [0.4, 0.5) is 10.1 Å². The third-order valence-corrected chi connectivity index (χ3v) is 5.91. The van der Waals surface area contributed by atoms with Gasteiger partial charge in [-0.05, 0) is 48.0 Å². The quantitative estimate of drug-likeness (QED) is 0.640. The first kappa shape index (κ1) is 19.5. The van der Waals surface area contributed by atoms with Crippen molar-refractivity contribution in [3.05, 3.63) is 82.5 Å². The SMILES string of the molecule is O=C(NCc1ccco1)c1ccc2c(c1)N(Cc1ccc(F)cc1Cl)C(=O)CS2. The lowest BCUT2D eigenvalue weighted by atomic mass is 10.1. The van der Waals surface area contributed by atoms with Crippen LogP contribution in [0.5, 0.6) is 0 Å². The highest BCUT2D eigenvalue weighted by molar-refractivity contribution is 8.00. The molecule has 0 saturated heterocycles. The largest absolute Gasteiger partial charge is 0.467 e.